The van der Waals surface area contributed by atoms with Crippen LogP contribution >= 0.6 is 11.8 Å². The maximum absolute atomic E-state index is 5.67. The molecule has 1 aromatic carbocycles. The highest BCUT2D eigenvalue weighted by Gasteiger charge is 1.99. The summed E-state index contributed by atoms with van der Waals surface area (Å²) < 4.78 is 0. The van der Waals surface area contributed by atoms with Gasteiger partial charge in [0.05, 0.1) is 5.71 Å². The Morgan fingerprint density at radius 1 is 1.08 bits per heavy atom. The zero-order valence-corrected chi connectivity index (χ0v) is 17.6. The lowest BCUT2D eigenvalue weighted by atomic mass is 10.1. The van der Waals surface area contributed by atoms with E-state index < -0.39 is 0 Å². The molecule has 0 saturated heterocycles. The third kappa shape index (κ3) is 11.7. The third-order valence-electron chi connectivity index (χ3n) is 3.70. The van der Waals surface area contributed by atoms with E-state index in [2.05, 4.69) is 41.7 Å². The van der Waals surface area contributed by atoms with E-state index in [1.54, 1.807) is 6.08 Å². The smallest absolute Gasteiger partial charge is 0.112 e. The third-order valence-corrected chi connectivity index (χ3v) is 4.80. The molecule has 0 amide bonds. The summed E-state index contributed by atoms with van der Waals surface area (Å²) in [6.07, 6.45) is 9.92. The molecule has 0 spiro atoms. The molecule has 0 unspecified atom stereocenters. The van der Waals surface area contributed by atoms with Crippen LogP contribution in [0.4, 0.5) is 0 Å². The lowest BCUT2D eigenvalue weighted by molar-refractivity contribution is 0.627. The lowest BCUT2D eigenvalue weighted by Gasteiger charge is -2.05. The molecule has 0 radical (unpaired) electrons. The average molecular weight is 364 g/mol. The molecule has 0 aromatic heterocycles. The maximum Gasteiger partial charge on any atom is 0.112 e. The Hall–Kier alpha value is -1.42. The van der Waals surface area contributed by atoms with Crippen molar-refractivity contribution in [3.63, 3.8) is 0 Å². The largest absolute Gasteiger partial charge is 0.384 e. The summed E-state index contributed by atoms with van der Waals surface area (Å²) in [5.74, 6) is 1.77. The average Bonchev–Trinajstić information content (AvgIpc) is 2.67. The summed E-state index contributed by atoms with van der Waals surface area (Å²) in [6, 6.07) is 8.59. The van der Waals surface area contributed by atoms with Crippen molar-refractivity contribution in [2.45, 2.75) is 78.0 Å². The van der Waals surface area contributed by atoms with Crippen LogP contribution in [0.5, 0.6) is 0 Å². The van der Waals surface area contributed by atoms with Crippen LogP contribution < -0.4 is 11.2 Å². The highest BCUT2D eigenvalue weighted by Crippen LogP contribution is 2.20. The van der Waals surface area contributed by atoms with Crippen LogP contribution in [-0.4, -0.2) is 11.5 Å². The van der Waals surface area contributed by atoms with Crippen LogP contribution in [0.15, 0.2) is 46.2 Å². The number of hydrogen-bond acceptors (Lipinski definition) is 4. The van der Waals surface area contributed by atoms with Gasteiger partial charge < -0.3 is 5.73 Å². The molecule has 3 N–H and O–H groups in total. The zero-order chi connectivity index (χ0) is 18.9. The molecule has 0 saturated carbocycles. The van der Waals surface area contributed by atoms with E-state index in [-0.39, 0.29) is 0 Å². The van der Waals surface area contributed by atoms with E-state index in [4.69, 9.17) is 5.73 Å². The predicted octanol–water partition coefficient (Wildman–Crippen LogP) is 6.30. The van der Waals surface area contributed by atoms with Crippen molar-refractivity contribution in [3.8, 4) is 0 Å². The van der Waals surface area contributed by atoms with Crippen LogP contribution in [-0.2, 0) is 0 Å². The first kappa shape index (κ1) is 23.6. The van der Waals surface area contributed by atoms with Gasteiger partial charge in [-0.15, -0.1) is 11.8 Å². The van der Waals surface area contributed by atoms with Crippen molar-refractivity contribution in [3.05, 3.63) is 41.7 Å². The summed E-state index contributed by atoms with van der Waals surface area (Å²) in [4.78, 5) is 1.33. The quantitative estimate of drug-likeness (QED) is 0.210. The van der Waals surface area contributed by atoms with Gasteiger partial charge >= 0.3 is 0 Å². The minimum Gasteiger partial charge on any atom is -0.384 e. The first-order chi connectivity index (χ1) is 12.2. The summed E-state index contributed by atoms with van der Waals surface area (Å²) in [7, 11) is 0. The molecule has 4 heteroatoms. The van der Waals surface area contributed by atoms with Crippen LogP contribution in [0, 0.1) is 0 Å². The van der Waals surface area contributed by atoms with Crippen molar-refractivity contribution in [2.75, 3.05) is 5.75 Å². The van der Waals surface area contributed by atoms with Crippen molar-refractivity contribution in [1.82, 2.24) is 5.43 Å². The van der Waals surface area contributed by atoms with Gasteiger partial charge in [-0.2, -0.15) is 5.10 Å². The highest BCUT2D eigenvalue weighted by atomic mass is 32.2. The normalized spacial score (nSPS) is 11.7. The predicted molar refractivity (Wildman–Crippen MR) is 115 cm³/mol. The summed E-state index contributed by atoms with van der Waals surface area (Å²) in [5, 5.41) is 4.27. The monoisotopic (exact) mass is 363 g/mol. The highest BCUT2D eigenvalue weighted by molar-refractivity contribution is 7.99. The molecule has 0 aliphatic carbocycles. The molecule has 0 aliphatic heterocycles. The molecule has 3 nitrogen and oxygen atoms in total. The Morgan fingerprint density at radius 2 is 1.68 bits per heavy atom. The van der Waals surface area contributed by atoms with Gasteiger partial charge in [0, 0.05) is 4.90 Å². The number of hydrazone groups is 1. The Bertz CT molecular complexity index is 492. The Labute approximate surface area is 159 Å². The van der Waals surface area contributed by atoms with Gasteiger partial charge in [0.25, 0.3) is 0 Å². The zero-order valence-electron chi connectivity index (χ0n) is 16.8. The molecular weight excluding hydrogens is 326 g/mol. The SMILES string of the molecule is C/C=C(\N)N/N=C(\C)c1ccc(SCCCCCCCC)cc1.CC. The number of unbranched alkanes of at least 4 members (excludes halogenated alkanes) is 5. The fourth-order valence-electron chi connectivity index (χ4n) is 2.14. The summed E-state index contributed by atoms with van der Waals surface area (Å²) in [6.45, 7) is 10.1. The number of hydrogen-bond donors (Lipinski definition) is 2. The molecule has 25 heavy (non-hydrogen) atoms. The molecule has 142 valence electrons. The van der Waals surface area contributed by atoms with Crippen LogP contribution in [0.3, 0.4) is 0 Å². The second kappa shape index (κ2) is 16.1. The van der Waals surface area contributed by atoms with E-state index in [1.165, 1.54) is 49.2 Å². The maximum atomic E-state index is 5.67. The number of benzene rings is 1. The summed E-state index contributed by atoms with van der Waals surface area (Å²) in [5.41, 5.74) is 10.5. The molecule has 0 aliphatic rings. The number of nitrogens with zero attached hydrogens (tertiary/aromatic N) is 1. The first-order valence-electron chi connectivity index (χ1n) is 9.62. The molecule has 0 atom stereocenters. The Kier molecular flexibility index (Phi) is 15.2. The van der Waals surface area contributed by atoms with Gasteiger partial charge in [-0.1, -0.05) is 65.0 Å². The fraction of sp³-hybridized carbons (Fsp3) is 0.571. The number of nitrogens with one attached hydrogen (secondary N) is 1. The standard InChI is InChI=1S/C19H31N3S.C2H6/c1-4-6-7-8-9-10-15-23-18-13-11-17(12-14-18)16(3)21-22-19(20)5-2;1-2/h5,11-14,22H,4,6-10,15,20H2,1-3H3;1-2H3/b19-5+,21-16+;. The summed E-state index contributed by atoms with van der Waals surface area (Å²) >= 11 is 1.94. The number of rotatable bonds is 11. The Morgan fingerprint density at radius 3 is 2.28 bits per heavy atom. The van der Waals surface area contributed by atoms with Gasteiger partial charge in [0.2, 0.25) is 0 Å². The van der Waals surface area contributed by atoms with E-state index in [0.29, 0.717) is 5.82 Å². The van der Waals surface area contributed by atoms with E-state index in [9.17, 15) is 0 Å². The van der Waals surface area contributed by atoms with Crippen molar-refractivity contribution >= 4 is 17.5 Å². The minimum atomic E-state index is 0.565. The van der Waals surface area contributed by atoms with Gasteiger partial charge in [0.1, 0.15) is 5.82 Å². The van der Waals surface area contributed by atoms with Gasteiger partial charge in [-0.3, -0.25) is 5.43 Å². The fourth-order valence-corrected chi connectivity index (χ4v) is 3.05. The van der Waals surface area contributed by atoms with Crippen LogP contribution in [0.1, 0.15) is 78.7 Å². The molecular formula is C21H37N3S. The number of allylic oxidation sites excluding steroid dienone is 1. The molecule has 0 heterocycles. The molecule has 1 rings (SSSR count). The molecule has 1 aromatic rings. The van der Waals surface area contributed by atoms with Crippen molar-refractivity contribution in [2.24, 2.45) is 10.8 Å². The Balaban J connectivity index is 0.00000277. The van der Waals surface area contributed by atoms with Crippen LogP contribution in [0.2, 0.25) is 0 Å². The minimum absolute atomic E-state index is 0.565. The molecule has 0 fully saturated rings. The van der Waals surface area contributed by atoms with Crippen molar-refractivity contribution in [1.29, 1.82) is 0 Å². The lowest BCUT2D eigenvalue weighted by Crippen LogP contribution is -2.15. The second-order valence-electron chi connectivity index (χ2n) is 5.69. The van der Waals surface area contributed by atoms with Crippen molar-refractivity contribution < 1.29 is 0 Å². The van der Waals surface area contributed by atoms with E-state index in [1.807, 2.05) is 39.5 Å². The topological polar surface area (TPSA) is 50.4 Å². The molecule has 0 bridgehead atoms. The van der Waals surface area contributed by atoms with Gasteiger partial charge in [0.15, 0.2) is 0 Å². The van der Waals surface area contributed by atoms with Gasteiger partial charge in [-0.05, 0) is 49.8 Å². The number of nitrogens with two attached hydrogens (primary N) is 1. The van der Waals surface area contributed by atoms with E-state index >= 15 is 0 Å². The number of thioether (sulfide) groups is 1. The van der Waals surface area contributed by atoms with E-state index in [0.717, 1.165) is 11.3 Å². The first-order valence-corrected chi connectivity index (χ1v) is 10.6. The van der Waals surface area contributed by atoms with Crippen LogP contribution in [0.25, 0.3) is 0 Å². The van der Waals surface area contributed by atoms with Gasteiger partial charge in [-0.25, -0.2) is 0 Å². The second-order valence-corrected chi connectivity index (χ2v) is 6.86.